The first kappa shape index (κ1) is 14.5. The van der Waals surface area contributed by atoms with Gasteiger partial charge in [0.05, 0.1) is 0 Å². The van der Waals surface area contributed by atoms with Gasteiger partial charge in [0, 0.05) is 17.1 Å². The van der Waals surface area contributed by atoms with E-state index in [-0.39, 0.29) is 5.69 Å². The van der Waals surface area contributed by atoms with Crippen LogP contribution in [0, 0.1) is 6.92 Å². The van der Waals surface area contributed by atoms with E-state index in [2.05, 4.69) is 16.8 Å². The number of hydrogen-bond donors (Lipinski definition) is 1. The Balaban J connectivity index is 2.36. The van der Waals surface area contributed by atoms with E-state index in [9.17, 15) is 4.79 Å². The number of unbranched alkanes of at least 4 members (excludes halogenated alkanes) is 1. The number of hydrogen-bond acceptors (Lipinski definition) is 4. The number of para-hydroxylation sites is 1. The summed E-state index contributed by atoms with van der Waals surface area (Å²) in [6, 6.07) is 9.97. The van der Waals surface area contributed by atoms with E-state index < -0.39 is 5.97 Å². The first-order chi connectivity index (χ1) is 9.63. The number of aromatic nitrogens is 1. The van der Waals surface area contributed by atoms with Crippen molar-refractivity contribution in [3.63, 3.8) is 0 Å². The monoisotopic (exact) mass is 290 g/mol. The molecule has 2 rings (SSSR count). The third kappa shape index (κ3) is 3.17. The Morgan fingerprint density at radius 1 is 1.35 bits per heavy atom. The predicted octanol–water partition coefficient (Wildman–Crippen LogP) is 4.09. The average Bonchev–Trinajstić information content (AvgIpc) is 2.82. The molecule has 4 nitrogen and oxygen atoms in total. The summed E-state index contributed by atoms with van der Waals surface area (Å²) in [4.78, 5) is 18.2. The second kappa shape index (κ2) is 6.52. The smallest absolute Gasteiger partial charge is 0.355 e. The highest BCUT2D eigenvalue weighted by Gasteiger charge is 2.19. The fourth-order valence-corrected chi connectivity index (χ4v) is 2.90. The van der Waals surface area contributed by atoms with Crippen LogP contribution in [0.3, 0.4) is 0 Å². The summed E-state index contributed by atoms with van der Waals surface area (Å²) in [7, 11) is 0. The van der Waals surface area contributed by atoms with Crippen molar-refractivity contribution in [1.82, 2.24) is 4.98 Å². The van der Waals surface area contributed by atoms with Crippen LogP contribution in [-0.4, -0.2) is 22.6 Å². The minimum absolute atomic E-state index is 0.155. The summed E-state index contributed by atoms with van der Waals surface area (Å²) < 4.78 is 0. The molecule has 1 aromatic carbocycles. The van der Waals surface area contributed by atoms with Gasteiger partial charge in [-0.3, -0.25) is 0 Å². The average molecular weight is 290 g/mol. The Hall–Kier alpha value is -1.88. The summed E-state index contributed by atoms with van der Waals surface area (Å²) in [5.74, 6) is -0.964. The van der Waals surface area contributed by atoms with E-state index >= 15 is 0 Å². The van der Waals surface area contributed by atoms with Crippen LogP contribution in [0.5, 0.6) is 0 Å². The molecule has 0 aliphatic rings. The maximum Gasteiger partial charge on any atom is 0.355 e. The lowest BCUT2D eigenvalue weighted by molar-refractivity contribution is 0.0690. The van der Waals surface area contributed by atoms with E-state index in [1.807, 2.05) is 30.3 Å². The van der Waals surface area contributed by atoms with Crippen LogP contribution in [0.2, 0.25) is 0 Å². The number of nitrogens with zero attached hydrogens (tertiary/aromatic N) is 2. The SMILES string of the molecule is CCCCN(c1ccccc1)c1nc(C(=O)O)c(C)s1. The van der Waals surface area contributed by atoms with Crippen molar-refractivity contribution in [2.45, 2.75) is 26.7 Å². The van der Waals surface area contributed by atoms with Gasteiger partial charge in [-0.2, -0.15) is 0 Å². The molecule has 0 unspecified atom stereocenters. The van der Waals surface area contributed by atoms with Gasteiger partial charge in [-0.25, -0.2) is 9.78 Å². The topological polar surface area (TPSA) is 53.4 Å². The number of rotatable bonds is 6. The highest BCUT2D eigenvalue weighted by Crippen LogP contribution is 2.31. The lowest BCUT2D eigenvalue weighted by Gasteiger charge is -2.21. The van der Waals surface area contributed by atoms with Crippen LogP contribution < -0.4 is 4.90 Å². The Bertz CT molecular complexity index is 581. The van der Waals surface area contributed by atoms with Gasteiger partial charge in [0.1, 0.15) is 0 Å². The molecule has 106 valence electrons. The Kier molecular flexibility index (Phi) is 4.74. The molecule has 1 aromatic heterocycles. The number of benzene rings is 1. The molecule has 0 fully saturated rings. The van der Waals surface area contributed by atoms with Crippen LogP contribution >= 0.6 is 11.3 Å². The molecule has 0 aliphatic carbocycles. The molecular formula is C15H18N2O2S. The second-order valence-electron chi connectivity index (χ2n) is 4.55. The first-order valence-corrected chi connectivity index (χ1v) is 7.48. The zero-order valence-electron chi connectivity index (χ0n) is 11.7. The molecule has 0 bridgehead atoms. The van der Waals surface area contributed by atoms with Crippen LogP contribution in [0.25, 0.3) is 0 Å². The van der Waals surface area contributed by atoms with Crippen LogP contribution in [0.4, 0.5) is 10.8 Å². The fourth-order valence-electron chi connectivity index (χ4n) is 1.96. The number of aromatic carboxylic acids is 1. The van der Waals surface area contributed by atoms with Gasteiger partial charge in [-0.1, -0.05) is 31.5 Å². The Morgan fingerprint density at radius 2 is 2.05 bits per heavy atom. The van der Waals surface area contributed by atoms with Gasteiger partial charge in [0.25, 0.3) is 0 Å². The molecule has 0 radical (unpaired) electrons. The molecule has 5 heteroatoms. The number of thiazole rings is 1. The number of carboxylic acids is 1. The van der Waals surface area contributed by atoms with Gasteiger partial charge in [-0.15, -0.1) is 11.3 Å². The second-order valence-corrected chi connectivity index (χ2v) is 5.73. The van der Waals surface area contributed by atoms with Gasteiger partial charge in [0.2, 0.25) is 0 Å². The molecule has 1 N–H and O–H groups in total. The van der Waals surface area contributed by atoms with Crippen LogP contribution in [0.1, 0.15) is 35.1 Å². The van der Waals surface area contributed by atoms with Gasteiger partial charge in [-0.05, 0) is 25.5 Å². The molecule has 2 aromatic rings. The van der Waals surface area contributed by atoms with Gasteiger partial charge >= 0.3 is 5.97 Å². The number of aryl methyl sites for hydroxylation is 1. The van der Waals surface area contributed by atoms with Crippen LogP contribution in [0.15, 0.2) is 30.3 Å². The van der Waals surface area contributed by atoms with Crippen LogP contribution in [-0.2, 0) is 0 Å². The summed E-state index contributed by atoms with van der Waals surface area (Å²) in [5.41, 5.74) is 1.20. The maximum atomic E-state index is 11.1. The van der Waals surface area contributed by atoms with E-state index in [1.54, 1.807) is 6.92 Å². The van der Waals surface area contributed by atoms with Crippen molar-refractivity contribution in [2.75, 3.05) is 11.4 Å². The highest BCUT2D eigenvalue weighted by atomic mass is 32.1. The highest BCUT2D eigenvalue weighted by molar-refractivity contribution is 7.15. The zero-order valence-corrected chi connectivity index (χ0v) is 12.5. The quantitative estimate of drug-likeness (QED) is 0.870. The number of carbonyl (C=O) groups is 1. The van der Waals surface area contributed by atoms with Crippen molar-refractivity contribution in [2.24, 2.45) is 0 Å². The summed E-state index contributed by atoms with van der Waals surface area (Å²) in [5, 5.41) is 9.88. The molecule has 0 saturated carbocycles. The zero-order chi connectivity index (χ0) is 14.5. The third-order valence-electron chi connectivity index (χ3n) is 3.02. The largest absolute Gasteiger partial charge is 0.476 e. The number of anilines is 2. The fraction of sp³-hybridized carbons (Fsp3) is 0.333. The lowest BCUT2D eigenvalue weighted by atomic mass is 10.2. The molecule has 0 aliphatic heterocycles. The Labute approximate surface area is 122 Å². The molecule has 1 heterocycles. The van der Waals surface area contributed by atoms with Crippen molar-refractivity contribution in [3.8, 4) is 0 Å². The third-order valence-corrected chi connectivity index (χ3v) is 4.02. The maximum absolute atomic E-state index is 11.1. The number of carboxylic acid groups (broad SMARTS) is 1. The summed E-state index contributed by atoms with van der Waals surface area (Å²) in [6.45, 7) is 4.78. The van der Waals surface area contributed by atoms with Crippen molar-refractivity contribution in [3.05, 3.63) is 40.9 Å². The first-order valence-electron chi connectivity index (χ1n) is 6.66. The minimum Gasteiger partial charge on any atom is -0.476 e. The lowest BCUT2D eigenvalue weighted by Crippen LogP contribution is -2.18. The van der Waals surface area contributed by atoms with E-state index in [0.29, 0.717) is 0 Å². The molecular weight excluding hydrogens is 272 g/mol. The van der Waals surface area contributed by atoms with E-state index in [1.165, 1.54) is 11.3 Å². The molecule has 0 atom stereocenters. The predicted molar refractivity (Wildman–Crippen MR) is 82.2 cm³/mol. The minimum atomic E-state index is -0.964. The van der Waals surface area contributed by atoms with E-state index in [0.717, 1.165) is 35.1 Å². The molecule has 0 spiro atoms. The van der Waals surface area contributed by atoms with Crippen molar-refractivity contribution < 1.29 is 9.90 Å². The molecule has 20 heavy (non-hydrogen) atoms. The van der Waals surface area contributed by atoms with Gasteiger partial charge in [0.15, 0.2) is 10.8 Å². The normalized spacial score (nSPS) is 10.5. The molecule has 0 amide bonds. The van der Waals surface area contributed by atoms with E-state index in [4.69, 9.17) is 5.11 Å². The van der Waals surface area contributed by atoms with Crippen molar-refractivity contribution >= 4 is 28.1 Å². The molecule has 0 saturated heterocycles. The van der Waals surface area contributed by atoms with Crippen molar-refractivity contribution in [1.29, 1.82) is 0 Å². The summed E-state index contributed by atoms with van der Waals surface area (Å²) in [6.07, 6.45) is 2.12. The van der Waals surface area contributed by atoms with Gasteiger partial charge < -0.3 is 10.0 Å². The summed E-state index contributed by atoms with van der Waals surface area (Å²) >= 11 is 1.43. The Morgan fingerprint density at radius 3 is 2.60 bits per heavy atom. The standard InChI is InChI=1S/C15H18N2O2S/c1-3-4-10-17(12-8-6-5-7-9-12)15-16-13(14(18)19)11(2)20-15/h5-9H,3-4,10H2,1-2H3,(H,18,19).